The van der Waals surface area contributed by atoms with Crippen LogP contribution in [0.2, 0.25) is 10.6 Å². The molecule has 6 nitrogen and oxygen atoms in total. The Bertz CT molecular complexity index is 612. The van der Waals surface area contributed by atoms with E-state index < -0.39 is 0 Å². The van der Waals surface area contributed by atoms with Crippen LogP contribution in [0.1, 0.15) is 24.2 Å². The zero-order chi connectivity index (χ0) is 18.5. The number of amides is 2. The van der Waals surface area contributed by atoms with Gasteiger partial charge in [-0.2, -0.15) is 0 Å². The van der Waals surface area contributed by atoms with Gasteiger partial charge in [0.05, 0.1) is 0 Å². The fourth-order valence-electron chi connectivity index (χ4n) is 1.95. The maximum absolute atomic E-state index is 11.8. The van der Waals surface area contributed by atoms with Crippen molar-refractivity contribution >= 4 is 38.1 Å². The molecule has 2 aromatic rings. The Labute approximate surface area is 164 Å². The number of nitrogens with zero attached hydrogens (tertiary/aromatic N) is 2. The molecule has 138 valence electrons. The summed E-state index contributed by atoms with van der Waals surface area (Å²) in [6, 6.07) is 11.3. The van der Waals surface area contributed by atoms with Crippen molar-refractivity contribution in [2.75, 3.05) is 0 Å². The topological polar surface area (TPSA) is 84.0 Å². The van der Waals surface area contributed by atoms with E-state index in [1.807, 2.05) is 36.4 Å². The van der Waals surface area contributed by atoms with Crippen molar-refractivity contribution in [1.29, 1.82) is 0 Å². The van der Waals surface area contributed by atoms with Gasteiger partial charge in [0.25, 0.3) is 0 Å². The van der Waals surface area contributed by atoms with Gasteiger partial charge in [0.15, 0.2) is 0 Å². The second-order valence-corrected chi connectivity index (χ2v) is 13.2. The minimum absolute atomic E-state index is 0.0708. The molecular formula is C18H22N4O2Se2. The maximum atomic E-state index is 11.8. The second kappa shape index (κ2) is 12.6. The van der Waals surface area contributed by atoms with Crippen LogP contribution in [0.3, 0.4) is 0 Å². The van der Waals surface area contributed by atoms with Crippen molar-refractivity contribution in [2.24, 2.45) is 0 Å². The van der Waals surface area contributed by atoms with Crippen LogP contribution in [0.25, 0.3) is 0 Å². The molecule has 8 heteroatoms. The van der Waals surface area contributed by atoms with Crippen molar-refractivity contribution in [3.63, 3.8) is 0 Å². The summed E-state index contributed by atoms with van der Waals surface area (Å²) in [5.41, 5.74) is 1.74. The van der Waals surface area contributed by atoms with E-state index in [4.69, 9.17) is 0 Å². The molecule has 2 N–H and O–H groups in total. The zero-order valence-corrected chi connectivity index (χ0v) is 17.8. The molecule has 0 atom stereocenters. The molecule has 0 spiro atoms. The van der Waals surface area contributed by atoms with Crippen LogP contribution in [0.15, 0.2) is 48.8 Å². The third kappa shape index (κ3) is 9.11. The van der Waals surface area contributed by atoms with Gasteiger partial charge in [-0.15, -0.1) is 0 Å². The average Bonchev–Trinajstić information content (AvgIpc) is 2.69. The first-order valence-electron chi connectivity index (χ1n) is 8.31. The number of hydrogen-bond acceptors (Lipinski definition) is 4. The first-order valence-corrected chi connectivity index (χ1v) is 15.1. The molecule has 2 aromatic heterocycles. The predicted molar refractivity (Wildman–Crippen MR) is 103 cm³/mol. The summed E-state index contributed by atoms with van der Waals surface area (Å²) >= 11 is 0.910. The van der Waals surface area contributed by atoms with Gasteiger partial charge in [0.2, 0.25) is 0 Å². The number of nitrogens with one attached hydrogen (secondary N) is 2. The summed E-state index contributed by atoms with van der Waals surface area (Å²) < 4.78 is 0. The molecular weight excluding hydrogens is 462 g/mol. The van der Waals surface area contributed by atoms with Crippen LogP contribution >= 0.6 is 0 Å². The van der Waals surface area contributed by atoms with Crippen LogP contribution in [0.5, 0.6) is 0 Å². The molecule has 0 aliphatic heterocycles. The first-order chi connectivity index (χ1) is 12.7. The molecule has 0 bridgehead atoms. The number of pyridine rings is 2. The number of aromatic nitrogens is 2. The van der Waals surface area contributed by atoms with Gasteiger partial charge in [-0.3, -0.25) is 0 Å². The fraction of sp³-hybridized carbons (Fsp3) is 0.333. The van der Waals surface area contributed by atoms with Crippen LogP contribution in [0, 0.1) is 0 Å². The van der Waals surface area contributed by atoms with E-state index >= 15 is 0 Å². The molecule has 0 aliphatic rings. The van der Waals surface area contributed by atoms with Gasteiger partial charge in [-0.25, -0.2) is 0 Å². The molecule has 26 heavy (non-hydrogen) atoms. The van der Waals surface area contributed by atoms with Crippen LogP contribution in [-0.4, -0.2) is 48.0 Å². The van der Waals surface area contributed by atoms with Crippen LogP contribution in [-0.2, 0) is 22.7 Å². The quantitative estimate of drug-likeness (QED) is 0.373. The Morgan fingerprint density at radius 3 is 1.62 bits per heavy atom. The van der Waals surface area contributed by atoms with E-state index in [2.05, 4.69) is 20.6 Å². The molecule has 0 saturated heterocycles. The summed E-state index contributed by atoms with van der Waals surface area (Å²) in [6.45, 7) is 0.961. The van der Waals surface area contributed by atoms with E-state index in [0.29, 0.717) is 52.2 Å². The van der Waals surface area contributed by atoms with Gasteiger partial charge < -0.3 is 0 Å². The Morgan fingerprint density at radius 2 is 1.23 bits per heavy atom. The number of rotatable bonds is 11. The molecule has 0 aliphatic carbocycles. The first kappa shape index (κ1) is 20.6. The summed E-state index contributed by atoms with van der Waals surface area (Å²) in [4.78, 5) is 31.9. The van der Waals surface area contributed by atoms with Gasteiger partial charge in [0, 0.05) is 0 Å². The molecule has 2 amide bonds. The van der Waals surface area contributed by atoms with Gasteiger partial charge in [0.1, 0.15) is 0 Å². The third-order valence-electron chi connectivity index (χ3n) is 3.29. The van der Waals surface area contributed by atoms with Crippen molar-refractivity contribution in [2.45, 2.75) is 36.6 Å². The fourth-order valence-corrected chi connectivity index (χ4v) is 7.96. The van der Waals surface area contributed by atoms with Crippen molar-refractivity contribution < 1.29 is 9.59 Å². The normalized spacial score (nSPS) is 10.3. The van der Waals surface area contributed by atoms with E-state index in [0.717, 1.165) is 22.0 Å². The molecule has 0 unspecified atom stereocenters. The second-order valence-electron chi connectivity index (χ2n) is 5.34. The standard InChI is InChI=1S/C18H22N4O2Se2/c23-17(21-13-15-5-1-3-9-19-15)7-11-25-26-12-8-18(24)22-14-16-6-2-4-10-20-16/h1-6,9-10H,7-8,11-14H2,(H,21,23)(H,22,24). The summed E-state index contributed by atoms with van der Waals surface area (Å²) in [7, 11) is 0. The Balaban J connectivity index is 1.45. The molecule has 0 radical (unpaired) electrons. The van der Waals surface area contributed by atoms with E-state index in [1.165, 1.54) is 0 Å². The Hall–Kier alpha value is -1.72. The summed E-state index contributed by atoms with van der Waals surface area (Å²) in [5.74, 6) is 0.142. The average molecular weight is 484 g/mol. The molecule has 0 aromatic carbocycles. The number of hydrogen-bond donors (Lipinski definition) is 2. The van der Waals surface area contributed by atoms with E-state index in [1.54, 1.807) is 12.4 Å². The van der Waals surface area contributed by atoms with Crippen molar-refractivity contribution in [1.82, 2.24) is 20.6 Å². The van der Waals surface area contributed by atoms with Crippen LogP contribution in [0.4, 0.5) is 0 Å². The van der Waals surface area contributed by atoms with Crippen LogP contribution < -0.4 is 10.6 Å². The minimum atomic E-state index is 0.0708. The van der Waals surface area contributed by atoms with Crippen molar-refractivity contribution in [3.8, 4) is 0 Å². The molecule has 2 heterocycles. The van der Waals surface area contributed by atoms with Gasteiger partial charge >= 0.3 is 165 Å². The van der Waals surface area contributed by atoms with Gasteiger partial charge in [-0.1, -0.05) is 0 Å². The predicted octanol–water partition coefficient (Wildman–Crippen LogP) is 1.35. The van der Waals surface area contributed by atoms with E-state index in [-0.39, 0.29) is 11.8 Å². The Kier molecular flexibility index (Phi) is 9.98. The van der Waals surface area contributed by atoms with E-state index in [9.17, 15) is 9.59 Å². The SMILES string of the molecule is O=C(CC[Se][Se]CCC(=O)NCc1ccccn1)NCc1ccccn1. The number of carbonyl (C=O) groups is 2. The van der Waals surface area contributed by atoms with Crippen molar-refractivity contribution in [3.05, 3.63) is 60.2 Å². The molecule has 0 saturated carbocycles. The molecule has 0 fully saturated rings. The Morgan fingerprint density at radius 1 is 0.769 bits per heavy atom. The zero-order valence-electron chi connectivity index (χ0n) is 14.4. The summed E-state index contributed by atoms with van der Waals surface area (Å²) in [5, 5.41) is 7.63. The molecule has 2 rings (SSSR count). The van der Waals surface area contributed by atoms with Gasteiger partial charge in [-0.05, 0) is 0 Å². The number of carbonyl (C=O) groups excluding carboxylic acids is 2. The third-order valence-corrected chi connectivity index (χ3v) is 10.7. The summed E-state index contributed by atoms with van der Waals surface area (Å²) in [6.07, 6.45) is 4.56. The monoisotopic (exact) mass is 486 g/mol.